The molecule has 114 valence electrons. The number of aryl methyl sites for hydroxylation is 1. The Labute approximate surface area is 131 Å². The van der Waals surface area contributed by atoms with E-state index in [1.54, 1.807) is 0 Å². The Morgan fingerprint density at radius 1 is 0.850 bits per heavy atom. The van der Waals surface area contributed by atoms with Gasteiger partial charge in [-0.1, -0.05) is 71.4 Å². The molecule has 0 aliphatic heterocycles. The molecule has 0 nitrogen and oxygen atoms in total. The van der Waals surface area contributed by atoms with Crippen molar-refractivity contribution in [3.05, 3.63) is 29.8 Å². The van der Waals surface area contributed by atoms with Gasteiger partial charge in [0.25, 0.3) is 0 Å². The molecule has 1 aromatic carbocycles. The van der Waals surface area contributed by atoms with Gasteiger partial charge in [0.15, 0.2) is 0 Å². The van der Waals surface area contributed by atoms with Crippen LogP contribution in [0, 0.1) is 11.8 Å². The maximum atomic E-state index is 4.34. The molecule has 0 aliphatic rings. The van der Waals surface area contributed by atoms with Crippen molar-refractivity contribution in [3.63, 3.8) is 0 Å². The highest BCUT2D eigenvalue weighted by Crippen LogP contribution is 2.23. The summed E-state index contributed by atoms with van der Waals surface area (Å²) in [7, 11) is 0. The highest BCUT2D eigenvalue weighted by atomic mass is 32.1. The highest BCUT2D eigenvalue weighted by molar-refractivity contribution is 7.80. The second kappa shape index (κ2) is 10.3. The predicted molar refractivity (Wildman–Crippen MR) is 93.7 cm³/mol. The third-order valence-corrected chi connectivity index (χ3v) is 4.86. The fraction of sp³-hybridized carbons (Fsp3) is 0.684. The van der Waals surface area contributed by atoms with E-state index in [0.717, 1.165) is 16.7 Å². The van der Waals surface area contributed by atoms with Crippen molar-refractivity contribution >= 4 is 12.6 Å². The van der Waals surface area contributed by atoms with Gasteiger partial charge in [0.2, 0.25) is 0 Å². The van der Waals surface area contributed by atoms with Gasteiger partial charge in [0.05, 0.1) is 0 Å². The molecular weight excluding hydrogens is 260 g/mol. The highest BCUT2D eigenvalue weighted by Gasteiger charge is 2.11. The summed E-state index contributed by atoms with van der Waals surface area (Å²) in [6.07, 6.45) is 10.9. The molecule has 0 bridgehead atoms. The maximum absolute atomic E-state index is 4.34. The molecule has 0 aromatic heterocycles. The minimum atomic E-state index is 0.830. The molecule has 0 heterocycles. The summed E-state index contributed by atoms with van der Waals surface area (Å²) in [6, 6.07) is 8.62. The van der Waals surface area contributed by atoms with Crippen LogP contribution in [0.2, 0.25) is 0 Å². The van der Waals surface area contributed by atoms with Crippen LogP contribution in [0.1, 0.15) is 71.3 Å². The third kappa shape index (κ3) is 7.38. The molecule has 1 rings (SSSR count). The number of hydrogen-bond acceptors (Lipinski definition) is 1. The Balaban J connectivity index is 2.17. The Hall–Kier alpha value is -0.430. The summed E-state index contributed by atoms with van der Waals surface area (Å²) in [4.78, 5) is 1.06. The second-order valence-corrected chi connectivity index (χ2v) is 6.88. The van der Waals surface area contributed by atoms with E-state index in [9.17, 15) is 0 Å². The van der Waals surface area contributed by atoms with Crippen molar-refractivity contribution in [3.8, 4) is 0 Å². The SMILES string of the molecule is CCCCCCCC(C)C(C)CCc1ccc(S)cc1. The molecular formula is C19H32S. The fourth-order valence-electron chi connectivity index (χ4n) is 2.70. The van der Waals surface area contributed by atoms with Crippen molar-refractivity contribution in [1.82, 2.24) is 0 Å². The quantitative estimate of drug-likeness (QED) is 0.367. The number of benzene rings is 1. The van der Waals surface area contributed by atoms with Gasteiger partial charge in [0.1, 0.15) is 0 Å². The molecule has 0 amide bonds. The summed E-state index contributed by atoms with van der Waals surface area (Å²) >= 11 is 4.34. The molecule has 20 heavy (non-hydrogen) atoms. The lowest BCUT2D eigenvalue weighted by molar-refractivity contribution is 0.332. The van der Waals surface area contributed by atoms with Crippen molar-refractivity contribution in [2.75, 3.05) is 0 Å². The van der Waals surface area contributed by atoms with Gasteiger partial charge in [0, 0.05) is 4.90 Å². The zero-order chi connectivity index (χ0) is 14.8. The summed E-state index contributed by atoms with van der Waals surface area (Å²) in [5.74, 6) is 1.69. The van der Waals surface area contributed by atoms with Gasteiger partial charge in [-0.3, -0.25) is 0 Å². The summed E-state index contributed by atoms with van der Waals surface area (Å²) in [5, 5.41) is 0. The molecule has 1 heteroatoms. The maximum Gasteiger partial charge on any atom is 0.00401 e. The van der Waals surface area contributed by atoms with E-state index in [1.165, 1.54) is 56.9 Å². The average Bonchev–Trinajstić information content (AvgIpc) is 2.46. The van der Waals surface area contributed by atoms with Gasteiger partial charge in [-0.25, -0.2) is 0 Å². The van der Waals surface area contributed by atoms with Crippen LogP contribution in [0.25, 0.3) is 0 Å². The first kappa shape index (κ1) is 17.6. The zero-order valence-corrected chi connectivity index (χ0v) is 14.5. The zero-order valence-electron chi connectivity index (χ0n) is 13.6. The molecule has 1 aromatic rings. The molecule has 0 saturated heterocycles. The molecule has 0 saturated carbocycles. The normalized spacial score (nSPS) is 14.2. The van der Waals surface area contributed by atoms with E-state index in [-0.39, 0.29) is 0 Å². The van der Waals surface area contributed by atoms with Gasteiger partial charge < -0.3 is 0 Å². The number of unbranched alkanes of at least 4 members (excludes halogenated alkanes) is 4. The van der Waals surface area contributed by atoms with Crippen molar-refractivity contribution in [2.45, 2.75) is 77.0 Å². The van der Waals surface area contributed by atoms with E-state index >= 15 is 0 Å². The van der Waals surface area contributed by atoms with Gasteiger partial charge in [-0.05, 0) is 42.4 Å². The van der Waals surface area contributed by atoms with Gasteiger partial charge >= 0.3 is 0 Å². The minimum absolute atomic E-state index is 0.830. The minimum Gasteiger partial charge on any atom is -0.143 e. The monoisotopic (exact) mass is 292 g/mol. The first-order chi connectivity index (χ1) is 9.63. The summed E-state index contributed by atoms with van der Waals surface area (Å²) < 4.78 is 0. The molecule has 0 radical (unpaired) electrons. The largest absolute Gasteiger partial charge is 0.143 e. The Bertz CT molecular complexity index is 341. The second-order valence-electron chi connectivity index (χ2n) is 6.36. The van der Waals surface area contributed by atoms with E-state index in [2.05, 4.69) is 57.7 Å². The first-order valence-corrected chi connectivity index (χ1v) is 8.86. The average molecular weight is 293 g/mol. The van der Waals surface area contributed by atoms with Gasteiger partial charge in [-0.15, -0.1) is 12.6 Å². The Morgan fingerprint density at radius 3 is 2.10 bits per heavy atom. The van der Waals surface area contributed by atoms with Crippen LogP contribution in [0.15, 0.2) is 29.2 Å². The van der Waals surface area contributed by atoms with Crippen LogP contribution < -0.4 is 0 Å². The number of hydrogen-bond donors (Lipinski definition) is 1. The molecule has 2 atom stereocenters. The van der Waals surface area contributed by atoms with Crippen molar-refractivity contribution in [1.29, 1.82) is 0 Å². The topological polar surface area (TPSA) is 0 Å². The molecule has 0 spiro atoms. The number of rotatable bonds is 10. The Kier molecular flexibility index (Phi) is 9.09. The lowest BCUT2D eigenvalue weighted by Crippen LogP contribution is -2.09. The standard InChI is InChI=1S/C19H32S/c1-4-5-6-7-8-9-16(2)17(3)10-11-18-12-14-19(20)15-13-18/h12-17,20H,4-11H2,1-3H3. The van der Waals surface area contributed by atoms with Crippen LogP contribution in [-0.2, 0) is 6.42 Å². The molecule has 0 N–H and O–H groups in total. The van der Waals surface area contributed by atoms with Crippen LogP contribution in [0.5, 0.6) is 0 Å². The van der Waals surface area contributed by atoms with E-state index < -0.39 is 0 Å². The third-order valence-electron chi connectivity index (χ3n) is 4.56. The van der Waals surface area contributed by atoms with Crippen LogP contribution in [0.3, 0.4) is 0 Å². The smallest absolute Gasteiger partial charge is 0.00401 e. The Morgan fingerprint density at radius 2 is 1.45 bits per heavy atom. The molecule has 0 aliphatic carbocycles. The number of thiol groups is 1. The fourth-order valence-corrected chi connectivity index (χ4v) is 2.84. The van der Waals surface area contributed by atoms with Gasteiger partial charge in [-0.2, -0.15) is 0 Å². The van der Waals surface area contributed by atoms with Crippen LogP contribution in [0.4, 0.5) is 0 Å². The first-order valence-electron chi connectivity index (χ1n) is 8.41. The van der Waals surface area contributed by atoms with E-state index in [4.69, 9.17) is 0 Å². The molecule has 2 unspecified atom stereocenters. The van der Waals surface area contributed by atoms with Crippen LogP contribution >= 0.6 is 12.6 Å². The van der Waals surface area contributed by atoms with Crippen molar-refractivity contribution < 1.29 is 0 Å². The summed E-state index contributed by atoms with van der Waals surface area (Å²) in [5.41, 5.74) is 1.45. The lowest BCUT2D eigenvalue weighted by atomic mass is 9.86. The van der Waals surface area contributed by atoms with E-state index in [1.807, 2.05) is 0 Å². The van der Waals surface area contributed by atoms with Crippen molar-refractivity contribution in [2.24, 2.45) is 11.8 Å². The van der Waals surface area contributed by atoms with Crippen LogP contribution in [-0.4, -0.2) is 0 Å². The molecule has 0 fully saturated rings. The predicted octanol–water partition coefficient (Wildman–Crippen LogP) is 6.54. The van der Waals surface area contributed by atoms with E-state index in [0.29, 0.717) is 0 Å². The lowest BCUT2D eigenvalue weighted by Gasteiger charge is -2.20. The summed E-state index contributed by atoms with van der Waals surface area (Å²) in [6.45, 7) is 7.13.